The van der Waals surface area contributed by atoms with Crippen LogP contribution in [0.25, 0.3) is 0 Å². The molecule has 1 heterocycles. The molecule has 2 unspecified atom stereocenters. The molecule has 1 saturated heterocycles. The second-order valence-corrected chi connectivity index (χ2v) is 5.43. The summed E-state index contributed by atoms with van der Waals surface area (Å²) < 4.78 is 10.3. The first-order valence-corrected chi connectivity index (χ1v) is 7.19. The van der Waals surface area contributed by atoms with Gasteiger partial charge in [-0.15, -0.1) is 0 Å². The molecule has 0 aromatic carbocycles. The summed E-state index contributed by atoms with van der Waals surface area (Å²) in [5, 5.41) is 2.85. The number of hydrogen-bond acceptors (Lipinski definition) is 4. The highest BCUT2D eigenvalue weighted by Gasteiger charge is 2.37. The van der Waals surface area contributed by atoms with Crippen molar-refractivity contribution in [1.29, 1.82) is 0 Å². The molecular formula is C14H23NO4. The van der Waals surface area contributed by atoms with Gasteiger partial charge in [-0.05, 0) is 31.6 Å². The Morgan fingerprint density at radius 2 is 2.00 bits per heavy atom. The number of nitrogens with one attached hydrogen (secondary N) is 1. The van der Waals surface area contributed by atoms with Gasteiger partial charge in [0.25, 0.3) is 0 Å². The SMILES string of the molecule is COC(=O)C(C(=O)NCC1CCCO1)C1CCCC1. The zero-order valence-corrected chi connectivity index (χ0v) is 11.5. The van der Waals surface area contributed by atoms with Crippen LogP contribution in [-0.2, 0) is 19.1 Å². The van der Waals surface area contributed by atoms with Crippen molar-refractivity contribution in [3.63, 3.8) is 0 Å². The second kappa shape index (κ2) is 6.89. The maximum absolute atomic E-state index is 12.2. The van der Waals surface area contributed by atoms with E-state index in [-0.39, 0.29) is 17.9 Å². The van der Waals surface area contributed by atoms with Gasteiger partial charge in [-0.25, -0.2) is 0 Å². The van der Waals surface area contributed by atoms with Gasteiger partial charge >= 0.3 is 5.97 Å². The zero-order valence-electron chi connectivity index (χ0n) is 11.5. The fourth-order valence-corrected chi connectivity index (χ4v) is 3.06. The molecular weight excluding hydrogens is 246 g/mol. The molecule has 0 aromatic rings. The van der Waals surface area contributed by atoms with Crippen molar-refractivity contribution in [3.8, 4) is 0 Å². The summed E-state index contributed by atoms with van der Waals surface area (Å²) in [6.07, 6.45) is 6.19. The Kier molecular flexibility index (Phi) is 5.19. The molecule has 108 valence electrons. The Balaban J connectivity index is 1.88. The number of carbonyl (C=O) groups is 2. The third-order valence-electron chi connectivity index (χ3n) is 4.14. The van der Waals surface area contributed by atoms with Crippen LogP contribution in [-0.4, -0.2) is 38.2 Å². The summed E-state index contributed by atoms with van der Waals surface area (Å²) in [7, 11) is 1.34. The molecule has 2 atom stereocenters. The summed E-state index contributed by atoms with van der Waals surface area (Å²) in [6, 6.07) is 0. The van der Waals surface area contributed by atoms with Gasteiger partial charge in [0.15, 0.2) is 0 Å². The number of hydrogen-bond donors (Lipinski definition) is 1. The van der Waals surface area contributed by atoms with Gasteiger partial charge in [0.1, 0.15) is 5.92 Å². The van der Waals surface area contributed by atoms with E-state index in [4.69, 9.17) is 9.47 Å². The van der Waals surface area contributed by atoms with Gasteiger partial charge in [-0.1, -0.05) is 12.8 Å². The fraction of sp³-hybridized carbons (Fsp3) is 0.857. The monoisotopic (exact) mass is 269 g/mol. The van der Waals surface area contributed by atoms with E-state index in [1.807, 2.05) is 0 Å². The standard InChI is InChI=1S/C14H23NO4/c1-18-14(17)12(10-5-2-3-6-10)13(16)15-9-11-7-4-8-19-11/h10-12H,2-9H2,1H3,(H,15,16). The van der Waals surface area contributed by atoms with Gasteiger partial charge in [0.2, 0.25) is 5.91 Å². The molecule has 5 heteroatoms. The van der Waals surface area contributed by atoms with Gasteiger partial charge in [0.05, 0.1) is 13.2 Å². The van der Waals surface area contributed by atoms with Crippen LogP contribution >= 0.6 is 0 Å². The summed E-state index contributed by atoms with van der Waals surface area (Å²) in [5.74, 6) is -1.11. The lowest BCUT2D eigenvalue weighted by atomic mass is 9.90. The van der Waals surface area contributed by atoms with Gasteiger partial charge < -0.3 is 14.8 Å². The number of ether oxygens (including phenoxy) is 2. The molecule has 1 aliphatic heterocycles. The third kappa shape index (κ3) is 3.69. The Morgan fingerprint density at radius 1 is 1.26 bits per heavy atom. The number of amides is 1. The van der Waals surface area contributed by atoms with E-state index >= 15 is 0 Å². The molecule has 1 N–H and O–H groups in total. The van der Waals surface area contributed by atoms with Crippen LogP contribution in [0.15, 0.2) is 0 Å². The highest BCUT2D eigenvalue weighted by Crippen LogP contribution is 2.32. The lowest BCUT2D eigenvalue weighted by molar-refractivity contribution is -0.152. The lowest BCUT2D eigenvalue weighted by Gasteiger charge is -2.21. The highest BCUT2D eigenvalue weighted by molar-refractivity contribution is 5.98. The van der Waals surface area contributed by atoms with Gasteiger partial charge in [0, 0.05) is 13.2 Å². The maximum Gasteiger partial charge on any atom is 0.318 e. The number of rotatable bonds is 5. The first kappa shape index (κ1) is 14.3. The summed E-state index contributed by atoms with van der Waals surface area (Å²) in [4.78, 5) is 24.0. The van der Waals surface area contributed by atoms with Crippen molar-refractivity contribution in [3.05, 3.63) is 0 Å². The predicted molar refractivity (Wildman–Crippen MR) is 69.4 cm³/mol. The Labute approximate surface area is 114 Å². The topological polar surface area (TPSA) is 64.6 Å². The van der Waals surface area contributed by atoms with Crippen molar-refractivity contribution in [2.24, 2.45) is 11.8 Å². The number of carbonyl (C=O) groups excluding carboxylic acids is 2. The van der Waals surface area contributed by atoms with Crippen molar-refractivity contribution in [1.82, 2.24) is 5.32 Å². The van der Waals surface area contributed by atoms with E-state index in [0.717, 1.165) is 45.1 Å². The molecule has 2 rings (SSSR count). The third-order valence-corrected chi connectivity index (χ3v) is 4.14. The maximum atomic E-state index is 12.2. The van der Waals surface area contributed by atoms with E-state index in [2.05, 4.69) is 5.32 Å². The minimum Gasteiger partial charge on any atom is -0.468 e. The Morgan fingerprint density at radius 3 is 2.58 bits per heavy atom. The van der Waals surface area contributed by atoms with Crippen LogP contribution in [0, 0.1) is 11.8 Å². The predicted octanol–water partition coefficient (Wildman–Crippen LogP) is 1.26. The molecule has 0 bridgehead atoms. The van der Waals surface area contributed by atoms with E-state index in [1.54, 1.807) is 0 Å². The molecule has 1 amide bonds. The van der Waals surface area contributed by atoms with Crippen LogP contribution in [0.1, 0.15) is 38.5 Å². The van der Waals surface area contributed by atoms with Crippen LogP contribution in [0.4, 0.5) is 0 Å². The van der Waals surface area contributed by atoms with E-state index < -0.39 is 11.9 Å². The normalized spacial score (nSPS) is 25.2. The molecule has 1 aliphatic carbocycles. The van der Waals surface area contributed by atoms with Crippen molar-refractivity contribution < 1.29 is 19.1 Å². The molecule has 0 spiro atoms. The van der Waals surface area contributed by atoms with Crippen LogP contribution < -0.4 is 5.32 Å². The summed E-state index contributed by atoms with van der Waals surface area (Å²) in [6.45, 7) is 1.27. The Hall–Kier alpha value is -1.10. The van der Waals surface area contributed by atoms with Gasteiger partial charge in [-0.2, -0.15) is 0 Å². The molecule has 0 radical (unpaired) electrons. The first-order valence-electron chi connectivity index (χ1n) is 7.19. The smallest absolute Gasteiger partial charge is 0.318 e. The van der Waals surface area contributed by atoms with Crippen molar-refractivity contribution >= 4 is 11.9 Å². The molecule has 5 nitrogen and oxygen atoms in total. The minimum atomic E-state index is -0.645. The largest absolute Gasteiger partial charge is 0.468 e. The number of methoxy groups -OCH3 is 1. The number of esters is 1. The minimum absolute atomic E-state index is 0.103. The summed E-state index contributed by atoms with van der Waals surface area (Å²) >= 11 is 0. The van der Waals surface area contributed by atoms with Crippen LogP contribution in [0.3, 0.4) is 0 Å². The molecule has 0 aromatic heterocycles. The molecule has 19 heavy (non-hydrogen) atoms. The molecule has 1 saturated carbocycles. The molecule has 2 fully saturated rings. The second-order valence-electron chi connectivity index (χ2n) is 5.43. The highest BCUT2D eigenvalue weighted by atomic mass is 16.5. The average molecular weight is 269 g/mol. The average Bonchev–Trinajstić information content (AvgIpc) is 3.09. The first-order chi connectivity index (χ1) is 9.22. The van der Waals surface area contributed by atoms with Crippen LogP contribution in [0.2, 0.25) is 0 Å². The van der Waals surface area contributed by atoms with Crippen molar-refractivity contribution in [2.75, 3.05) is 20.3 Å². The van der Waals surface area contributed by atoms with Gasteiger partial charge in [-0.3, -0.25) is 9.59 Å². The van der Waals surface area contributed by atoms with Crippen molar-refractivity contribution in [2.45, 2.75) is 44.6 Å². The van der Waals surface area contributed by atoms with E-state index in [0.29, 0.717) is 6.54 Å². The quantitative estimate of drug-likeness (QED) is 0.603. The fourth-order valence-electron chi connectivity index (χ4n) is 3.06. The summed E-state index contributed by atoms with van der Waals surface area (Å²) in [5.41, 5.74) is 0. The Bertz CT molecular complexity index is 319. The van der Waals surface area contributed by atoms with Crippen LogP contribution in [0.5, 0.6) is 0 Å². The van der Waals surface area contributed by atoms with E-state index in [1.165, 1.54) is 7.11 Å². The molecule has 2 aliphatic rings. The lowest BCUT2D eigenvalue weighted by Crippen LogP contribution is -2.42. The zero-order chi connectivity index (χ0) is 13.7. The van der Waals surface area contributed by atoms with E-state index in [9.17, 15) is 9.59 Å².